The van der Waals surface area contributed by atoms with Crippen LogP contribution in [0.1, 0.15) is 0 Å². The third-order valence-electron chi connectivity index (χ3n) is 3.71. The van der Waals surface area contributed by atoms with E-state index >= 15 is 0 Å². The Bertz CT molecular complexity index is 640. The van der Waals surface area contributed by atoms with Gasteiger partial charge in [0.15, 0.2) is 0 Å². The summed E-state index contributed by atoms with van der Waals surface area (Å²) >= 11 is 0. The summed E-state index contributed by atoms with van der Waals surface area (Å²) in [6, 6.07) is 6.22. The molecule has 0 aromatic heterocycles. The quantitative estimate of drug-likeness (QED) is 0.808. The van der Waals surface area contributed by atoms with Gasteiger partial charge in [-0.05, 0) is 24.3 Å². The van der Waals surface area contributed by atoms with Crippen LogP contribution < -0.4 is 9.62 Å². The monoisotopic (exact) mass is 344 g/mol. The minimum atomic E-state index is -3.60. The summed E-state index contributed by atoms with van der Waals surface area (Å²) < 4.78 is 39.4. The molecule has 1 aliphatic rings. The predicted molar refractivity (Wildman–Crippen MR) is 85.8 cm³/mol. The summed E-state index contributed by atoms with van der Waals surface area (Å²) in [5.41, 5.74) is 0.909. The lowest BCUT2D eigenvalue weighted by Crippen LogP contribution is -2.52. The van der Waals surface area contributed by atoms with Crippen LogP contribution in [0.15, 0.2) is 24.3 Å². The molecule has 1 aliphatic heterocycles. The highest BCUT2D eigenvalue weighted by molar-refractivity contribution is 7.87. The first-order chi connectivity index (χ1) is 10.8. The molecule has 7 nitrogen and oxygen atoms in total. The summed E-state index contributed by atoms with van der Waals surface area (Å²) in [4.78, 5) is 15.8. The van der Waals surface area contributed by atoms with Gasteiger partial charge in [0.2, 0.25) is 5.91 Å². The third kappa shape index (κ3) is 4.63. The molecule has 0 aliphatic carbocycles. The second-order valence-electron chi connectivity index (χ2n) is 5.45. The zero-order valence-corrected chi connectivity index (χ0v) is 14.0. The Morgan fingerprint density at radius 2 is 1.74 bits per heavy atom. The van der Waals surface area contributed by atoms with Crippen molar-refractivity contribution in [3.8, 4) is 0 Å². The van der Waals surface area contributed by atoms with Crippen LogP contribution >= 0.6 is 0 Å². The average Bonchev–Trinajstić information content (AvgIpc) is 2.53. The highest BCUT2D eigenvalue weighted by atomic mass is 32.2. The van der Waals surface area contributed by atoms with Crippen molar-refractivity contribution in [2.24, 2.45) is 0 Å². The van der Waals surface area contributed by atoms with Crippen molar-refractivity contribution in [2.75, 3.05) is 51.7 Å². The summed E-state index contributed by atoms with van der Waals surface area (Å²) in [5.74, 6) is -0.537. The average molecular weight is 344 g/mol. The summed E-state index contributed by atoms with van der Waals surface area (Å²) in [6.07, 6.45) is 0. The van der Waals surface area contributed by atoms with Crippen LogP contribution in [0.2, 0.25) is 0 Å². The van der Waals surface area contributed by atoms with Crippen LogP contribution in [0.25, 0.3) is 0 Å². The van der Waals surface area contributed by atoms with Gasteiger partial charge in [0.05, 0.1) is 6.54 Å². The lowest BCUT2D eigenvalue weighted by molar-refractivity contribution is -0.130. The molecule has 0 unspecified atom stereocenters. The van der Waals surface area contributed by atoms with E-state index in [1.165, 1.54) is 26.2 Å². The van der Waals surface area contributed by atoms with Gasteiger partial charge in [-0.1, -0.05) is 0 Å². The largest absolute Gasteiger partial charge is 0.368 e. The lowest BCUT2D eigenvalue weighted by Gasteiger charge is -2.36. The maximum absolute atomic E-state index is 12.9. The maximum atomic E-state index is 12.9. The van der Waals surface area contributed by atoms with Gasteiger partial charge in [0.1, 0.15) is 5.82 Å². The summed E-state index contributed by atoms with van der Waals surface area (Å²) in [6.45, 7) is 1.99. The van der Waals surface area contributed by atoms with Gasteiger partial charge in [-0.25, -0.2) is 4.39 Å². The molecular weight excluding hydrogens is 323 g/mol. The van der Waals surface area contributed by atoms with Crippen LogP contribution in [-0.4, -0.2) is 70.3 Å². The van der Waals surface area contributed by atoms with E-state index in [0.717, 1.165) is 9.99 Å². The second-order valence-corrected chi connectivity index (χ2v) is 7.42. The first-order valence-electron chi connectivity index (χ1n) is 7.25. The van der Waals surface area contributed by atoms with Crippen molar-refractivity contribution in [1.82, 2.24) is 13.9 Å². The fourth-order valence-corrected chi connectivity index (χ4v) is 2.82. The van der Waals surface area contributed by atoms with E-state index < -0.39 is 10.2 Å². The Morgan fingerprint density at radius 1 is 1.17 bits per heavy atom. The molecule has 2 rings (SSSR count). The van der Waals surface area contributed by atoms with Crippen molar-refractivity contribution < 1.29 is 17.6 Å². The van der Waals surface area contributed by atoms with E-state index in [9.17, 15) is 17.6 Å². The number of piperazine rings is 1. The Labute approximate surface area is 135 Å². The van der Waals surface area contributed by atoms with Crippen molar-refractivity contribution in [3.63, 3.8) is 0 Å². The van der Waals surface area contributed by atoms with Crippen molar-refractivity contribution >= 4 is 21.8 Å². The lowest BCUT2D eigenvalue weighted by atomic mass is 10.2. The normalized spacial score (nSPS) is 16.0. The summed E-state index contributed by atoms with van der Waals surface area (Å²) in [5, 5.41) is 0. The molecule has 1 aromatic carbocycles. The maximum Gasteiger partial charge on any atom is 0.279 e. The molecule has 0 radical (unpaired) electrons. The first-order valence-corrected chi connectivity index (χ1v) is 8.69. The van der Waals surface area contributed by atoms with E-state index in [1.54, 1.807) is 17.0 Å². The number of carbonyl (C=O) groups is 1. The van der Waals surface area contributed by atoms with E-state index in [1.807, 2.05) is 0 Å². The van der Waals surface area contributed by atoms with Crippen LogP contribution in [0.3, 0.4) is 0 Å². The van der Waals surface area contributed by atoms with E-state index in [0.29, 0.717) is 26.2 Å². The molecular formula is C14H21FN4O3S. The Morgan fingerprint density at radius 3 is 2.26 bits per heavy atom. The zero-order chi connectivity index (χ0) is 17.0. The molecule has 0 bridgehead atoms. The predicted octanol–water partition coefficient (Wildman–Crippen LogP) is -0.130. The van der Waals surface area contributed by atoms with Gasteiger partial charge >= 0.3 is 0 Å². The Balaban J connectivity index is 1.84. The number of nitrogens with one attached hydrogen (secondary N) is 1. The molecule has 23 heavy (non-hydrogen) atoms. The minimum Gasteiger partial charge on any atom is -0.368 e. The molecule has 1 aromatic rings. The van der Waals surface area contributed by atoms with Crippen LogP contribution in [0.5, 0.6) is 0 Å². The van der Waals surface area contributed by atoms with Crippen LogP contribution in [0.4, 0.5) is 10.1 Å². The number of hydrogen-bond donors (Lipinski definition) is 1. The van der Waals surface area contributed by atoms with Gasteiger partial charge < -0.3 is 9.80 Å². The number of anilines is 1. The zero-order valence-electron chi connectivity index (χ0n) is 13.2. The molecule has 0 saturated carbocycles. The molecule has 9 heteroatoms. The molecule has 1 heterocycles. The number of amides is 1. The third-order valence-corrected chi connectivity index (χ3v) is 5.18. The van der Waals surface area contributed by atoms with Crippen molar-refractivity contribution in [2.45, 2.75) is 0 Å². The molecule has 128 valence electrons. The number of carbonyl (C=O) groups excluding carboxylic acids is 1. The van der Waals surface area contributed by atoms with Crippen LogP contribution in [-0.2, 0) is 15.0 Å². The number of rotatable bonds is 5. The van der Waals surface area contributed by atoms with Gasteiger partial charge in [-0.15, -0.1) is 0 Å². The molecule has 1 N–H and O–H groups in total. The Kier molecular flexibility index (Phi) is 5.55. The molecule has 0 spiro atoms. The molecule has 1 saturated heterocycles. The number of hydrogen-bond acceptors (Lipinski definition) is 4. The van der Waals surface area contributed by atoms with Gasteiger partial charge in [-0.2, -0.15) is 17.4 Å². The van der Waals surface area contributed by atoms with E-state index in [4.69, 9.17) is 0 Å². The topological polar surface area (TPSA) is 73.0 Å². The van der Waals surface area contributed by atoms with Gasteiger partial charge in [-0.3, -0.25) is 4.79 Å². The number of halogens is 1. The highest BCUT2D eigenvalue weighted by Gasteiger charge is 2.23. The van der Waals surface area contributed by atoms with Gasteiger partial charge in [0.25, 0.3) is 10.2 Å². The standard InChI is InChI=1S/C14H21FN4O3S/c1-17(2)23(21,22)16-11-14(20)19-9-7-18(8-10-19)13-5-3-12(15)4-6-13/h3-6,16H,7-11H2,1-2H3. The Hall–Kier alpha value is -1.71. The number of nitrogens with zero attached hydrogens (tertiary/aromatic N) is 3. The molecule has 1 amide bonds. The summed E-state index contributed by atoms with van der Waals surface area (Å²) in [7, 11) is -0.806. The fourth-order valence-electron chi connectivity index (χ4n) is 2.26. The van der Waals surface area contributed by atoms with Crippen molar-refractivity contribution in [3.05, 3.63) is 30.1 Å². The smallest absolute Gasteiger partial charge is 0.279 e. The highest BCUT2D eigenvalue weighted by Crippen LogP contribution is 2.16. The van der Waals surface area contributed by atoms with Crippen molar-refractivity contribution in [1.29, 1.82) is 0 Å². The first kappa shape index (κ1) is 17.6. The van der Waals surface area contributed by atoms with Crippen LogP contribution in [0, 0.1) is 5.82 Å². The second kappa shape index (κ2) is 7.24. The van der Waals surface area contributed by atoms with E-state index in [-0.39, 0.29) is 18.3 Å². The number of benzene rings is 1. The fraction of sp³-hybridized carbons (Fsp3) is 0.500. The molecule has 0 atom stereocenters. The van der Waals surface area contributed by atoms with E-state index in [2.05, 4.69) is 9.62 Å². The molecule has 1 fully saturated rings. The van der Waals surface area contributed by atoms with Gasteiger partial charge in [0, 0.05) is 46.0 Å². The SMILES string of the molecule is CN(C)S(=O)(=O)NCC(=O)N1CCN(c2ccc(F)cc2)CC1. The minimum absolute atomic E-state index is 0.253.